The molecule has 0 aliphatic carbocycles. The minimum atomic E-state index is 0.814. The zero-order valence-corrected chi connectivity index (χ0v) is 15.6. The largest absolute Gasteiger partial charge is 0.497 e. The average molecular weight is 363 g/mol. The van der Waals surface area contributed by atoms with Crippen LogP contribution in [0.15, 0.2) is 58.9 Å². The number of aromatic nitrogens is 1. The molecule has 0 spiro atoms. The summed E-state index contributed by atoms with van der Waals surface area (Å²) < 4.78 is 5.26. The fourth-order valence-electron chi connectivity index (χ4n) is 3.12. The number of aliphatic imine (C=N–C) groups is 1. The van der Waals surface area contributed by atoms with Gasteiger partial charge in [0, 0.05) is 23.9 Å². The van der Waals surface area contributed by atoms with Gasteiger partial charge in [0.15, 0.2) is 0 Å². The minimum Gasteiger partial charge on any atom is -0.497 e. The predicted octanol–water partition coefficient (Wildman–Crippen LogP) is 5.29. The molecule has 0 amide bonds. The summed E-state index contributed by atoms with van der Waals surface area (Å²) in [4.78, 5) is 9.45. The number of nitrogens with zero attached hydrogens (tertiary/aromatic N) is 2. The molecule has 3 aromatic rings. The topological polar surface area (TPSA) is 46.5 Å². The van der Waals surface area contributed by atoms with Crippen LogP contribution in [-0.2, 0) is 0 Å². The average Bonchev–Trinajstić information content (AvgIpc) is 3.17. The van der Waals surface area contributed by atoms with Crippen molar-refractivity contribution in [1.82, 2.24) is 10.3 Å². The number of hydrogen-bond acceptors (Lipinski definition) is 4. The van der Waals surface area contributed by atoms with Crippen molar-refractivity contribution in [1.29, 1.82) is 0 Å². The summed E-state index contributed by atoms with van der Waals surface area (Å²) in [6.07, 6.45) is 3.43. The Labute approximate surface area is 157 Å². The van der Waals surface area contributed by atoms with Crippen LogP contribution >= 0.6 is 11.3 Å². The second kappa shape index (κ2) is 7.70. The van der Waals surface area contributed by atoms with Crippen LogP contribution in [0, 0.1) is 0 Å². The van der Waals surface area contributed by atoms with Crippen LogP contribution in [0.1, 0.15) is 19.3 Å². The van der Waals surface area contributed by atoms with Crippen molar-refractivity contribution in [2.24, 2.45) is 4.99 Å². The van der Waals surface area contributed by atoms with E-state index in [1.807, 2.05) is 12.1 Å². The molecule has 0 radical (unpaired) electrons. The highest BCUT2D eigenvalue weighted by Gasteiger charge is 2.12. The second-order valence-corrected chi connectivity index (χ2v) is 7.07. The highest BCUT2D eigenvalue weighted by molar-refractivity contribution is 7.13. The molecule has 0 saturated carbocycles. The van der Waals surface area contributed by atoms with E-state index in [9.17, 15) is 0 Å². The molecule has 0 unspecified atom stereocenters. The summed E-state index contributed by atoms with van der Waals surface area (Å²) in [6, 6.07) is 16.5. The molecule has 2 aromatic carbocycles. The molecule has 5 heteroatoms. The van der Waals surface area contributed by atoms with Crippen LogP contribution < -0.4 is 10.1 Å². The third-order valence-electron chi connectivity index (χ3n) is 4.50. The van der Waals surface area contributed by atoms with Gasteiger partial charge in [0.1, 0.15) is 11.6 Å². The minimum absolute atomic E-state index is 0.814. The number of benzene rings is 2. The van der Waals surface area contributed by atoms with Gasteiger partial charge in [-0.05, 0) is 36.1 Å². The lowest BCUT2D eigenvalue weighted by Gasteiger charge is -2.14. The maximum Gasteiger partial charge on any atom is 0.211 e. The summed E-state index contributed by atoms with van der Waals surface area (Å²) in [5.41, 5.74) is 4.40. The van der Waals surface area contributed by atoms with Gasteiger partial charge >= 0.3 is 0 Å². The fourth-order valence-corrected chi connectivity index (χ4v) is 3.83. The summed E-state index contributed by atoms with van der Waals surface area (Å²) >= 11 is 1.59. The number of nitrogens with one attached hydrogen (secondary N) is 1. The van der Waals surface area contributed by atoms with Crippen molar-refractivity contribution in [3.8, 4) is 28.1 Å². The van der Waals surface area contributed by atoms with Gasteiger partial charge in [0.25, 0.3) is 0 Å². The van der Waals surface area contributed by atoms with Crippen LogP contribution in [-0.4, -0.2) is 24.5 Å². The third-order valence-corrected chi connectivity index (χ3v) is 5.23. The molecule has 4 nitrogen and oxygen atoms in total. The monoisotopic (exact) mass is 363 g/mol. The van der Waals surface area contributed by atoms with E-state index in [0.717, 1.165) is 52.1 Å². The number of amidine groups is 1. The molecule has 1 saturated heterocycles. The van der Waals surface area contributed by atoms with Crippen LogP contribution in [0.2, 0.25) is 0 Å². The zero-order chi connectivity index (χ0) is 17.8. The van der Waals surface area contributed by atoms with E-state index in [4.69, 9.17) is 9.72 Å². The van der Waals surface area contributed by atoms with E-state index < -0.39 is 0 Å². The molecule has 4 rings (SSSR count). The number of hydrogen-bond donors (Lipinski definition) is 1. The van der Waals surface area contributed by atoms with Crippen LogP contribution in [0.5, 0.6) is 5.75 Å². The molecule has 26 heavy (non-hydrogen) atoms. The second-order valence-electron chi connectivity index (χ2n) is 6.23. The molecule has 132 valence electrons. The van der Waals surface area contributed by atoms with Gasteiger partial charge in [-0.1, -0.05) is 36.4 Å². The standard InChI is InChI=1S/C21H21N3OS/c1-25-16-11-9-15(10-12-16)17-6-2-3-7-18(17)19-14-26-21(23-19)24-20-8-4-5-13-22-20/h2-3,6-7,9-12,14H,4-5,8,13H2,1H3,(H,22,23,24). The first-order chi connectivity index (χ1) is 12.8. The van der Waals surface area contributed by atoms with Crippen molar-refractivity contribution in [2.75, 3.05) is 13.7 Å². The Bertz CT molecular complexity index is 907. The Balaban J connectivity index is 1.66. The third kappa shape index (κ3) is 3.63. The van der Waals surface area contributed by atoms with Crippen molar-refractivity contribution < 1.29 is 4.74 Å². The van der Waals surface area contributed by atoms with Crippen LogP contribution in [0.4, 0.5) is 5.13 Å². The summed E-state index contributed by atoms with van der Waals surface area (Å²) in [5.74, 6) is 1.92. The Kier molecular flexibility index (Phi) is 4.97. The van der Waals surface area contributed by atoms with E-state index in [1.54, 1.807) is 18.4 Å². The molecule has 1 aliphatic heterocycles. The van der Waals surface area contributed by atoms with E-state index in [0.29, 0.717) is 0 Å². The van der Waals surface area contributed by atoms with Gasteiger partial charge in [-0.3, -0.25) is 0 Å². The molecule has 0 bridgehead atoms. The molecule has 1 aromatic heterocycles. The number of rotatable bonds is 4. The zero-order valence-electron chi connectivity index (χ0n) is 14.7. The first-order valence-corrected chi connectivity index (χ1v) is 9.72. The lowest BCUT2D eigenvalue weighted by molar-refractivity contribution is 0.415. The Morgan fingerprint density at radius 1 is 1.04 bits per heavy atom. The van der Waals surface area contributed by atoms with E-state index in [2.05, 4.69) is 52.1 Å². The summed E-state index contributed by atoms with van der Waals surface area (Å²) in [7, 11) is 1.68. The highest BCUT2D eigenvalue weighted by Crippen LogP contribution is 2.35. The highest BCUT2D eigenvalue weighted by atomic mass is 32.1. The Morgan fingerprint density at radius 2 is 1.85 bits per heavy atom. The van der Waals surface area contributed by atoms with Crippen LogP contribution in [0.3, 0.4) is 0 Å². The predicted molar refractivity (Wildman–Crippen MR) is 108 cm³/mol. The SMILES string of the molecule is COc1ccc(-c2ccccc2-c2csc(/N=C3/CCCCN3)n2)cc1. The van der Waals surface area contributed by atoms with Crippen LogP contribution in [0.25, 0.3) is 22.4 Å². The number of ether oxygens (including phenoxy) is 1. The fraction of sp³-hybridized carbons (Fsp3) is 0.238. The van der Waals surface area contributed by atoms with Gasteiger partial charge in [0.05, 0.1) is 12.8 Å². The maximum absolute atomic E-state index is 5.26. The van der Waals surface area contributed by atoms with Gasteiger partial charge < -0.3 is 10.1 Å². The van der Waals surface area contributed by atoms with Gasteiger partial charge in [-0.15, -0.1) is 11.3 Å². The normalized spacial score (nSPS) is 15.7. The van der Waals surface area contributed by atoms with Crippen molar-refractivity contribution >= 4 is 22.3 Å². The lowest BCUT2D eigenvalue weighted by Crippen LogP contribution is -2.28. The number of thiazole rings is 1. The van der Waals surface area contributed by atoms with Crippen molar-refractivity contribution in [3.05, 3.63) is 53.9 Å². The number of methoxy groups -OCH3 is 1. The molecular weight excluding hydrogens is 342 g/mol. The van der Waals surface area contributed by atoms with E-state index in [1.165, 1.54) is 12.8 Å². The molecule has 1 aliphatic rings. The quantitative estimate of drug-likeness (QED) is 0.685. The number of piperidine rings is 1. The van der Waals surface area contributed by atoms with Crippen molar-refractivity contribution in [3.63, 3.8) is 0 Å². The Morgan fingerprint density at radius 3 is 2.58 bits per heavy atom. The summed E-state index contributed by atoms with van der Waals surface area (Å²) in [6.45, 7) is 1.01. The molecule has 2 heterocycles. The smallest absolute Gasteiger partial charge is 0.211 e. The van der Waals surface area contributed by atoms with Gasteiger partial charge in [0.2, 0.25) is 5.13 Å². The maximum atomic E-state index is 5.26. The van der Waals surface area contributed by atoms with Gasteiger partial charge in [-0.25, -0.2) is 9.98 Å². The lowest BCUT2D eigenvalue weighted by atomic mass is 9.98. The van der Waals surface area contributed by atoms with E-state index >= 15 is 0 Å². The molecule has 0 atom stereocenters. The molecule has 1 N–H and O–H groups in total. The first-order valence-electron chi connectivity index (χ1n) is 8.84. The van der Waals surface area contributed by atoms with Gasteiger partial charge in [-0.2, -0.15) is 0 Å². The van der Waals surface area contributed by atoms with Crippen molar-refractivity contribution in [2.45, 2.75) is 19.3 Å². The van der Waals surface area contributed by atoms with E-state index in [-0.39, 0.29) is 0 Å². The molecule has 1 fully saturated rings. The summed E-state index contributed by atoms with van der Waals surface area (Å²) in [5, 5.41) is 6.27. The molecular formula is C21H21N3OS. The first kappa shape index (κ1) is 16.8. The Hall–Kier alpha value is -2.66.